The predicted molar refractivity (Wildman–Crippen MR) is 77.0 cm³/mol. The maximum atomic E-state index is 13.6. The van der Waals surface area contributed by atoms with Crippen molar-refractivity contribution in [3.8, 4) is 0 Å². The van der Waals surface area contributed by atoms with Gasteiger partial charge in [0.1, 0.15) is 5.82 Å². The van der Waals surface area contributed by atoms with Crippen molar-refractivity contribution >= 4 is 33.2 Å². The zero-order valence-electron chi connectivity index (χ0n) is 10.4. The highest BCUT2D eigenvalue weighted by molar-refractivity contribution is 9.10. The summed E-state index contributed by atoms with van der Waals surface area (Å²) in [5.41, 5.74) is 7.24. The third kappa shape index (κ3) is 2.40. The minimum atomic E-state index is -0.525. The first-order chi connectivity index (χ1) is 9.56. The fourth-order valence-corrected chi connectivity index (χ4v) is 2.36. The van der Waals surface area contributed by atoms with E-state index in [-0.39, 0.29) is 11.4 Å². The molecule has 0 spiro atoms. The standard InChI is InChI=1S/C13H12BrFN4O/c14-7-3-4-8(15)9(5-7)17-13(20)12-10(16)11(18-19-12)6-1-2-6/h3-6H,1-2,16H2,(H,17,20)(H,18,19). The van der Waals surface area contributed by atoms with E-state index in [4.69, 9.17) is 5.73 Å². The molecule has 1 saturated carbocycles. The molecule has 0 unspecified atom stereocenters. The average molecular weight is 339 g/mol. The van der Waals surface area contributed by atoms with E-state index in [1.165, 1.54) is 12.1 Å². The van der Waals surface area contributed by atoms with Crippen LogP contribution < -0.4 is 11.1 Å². The van der Waals surface area contributed by atoms with Crippen LogP contribution in [0.1, 0.15) is 34.9 Å². The van der Waals surface area contributed by atoms with Gasteiger partial charge in [0, 0.05) is 10.4 Å². The monoisotopic (exact) mass is 338 g/mol. The van der Waals surface area contributed by atoms with Crippen molar-refractivity contribution in [2.24, 2.45) is 0 Å². The van der Waals surface area contributed by atoms with E-state index in [0.717, 1.165) is 18.5 Å². The topological polar surface area (TPSA) is 83.8 Å². The van der Waals surface area contributed by atoms with Crippen LogP contribution in [0.2, 0.25) is 0 Å². The summed E-state index contributed by atoms with van der Waals surface area (Å²) in [6.45, 7) is 0. The van der Waals surface area contributed by atoms with Crippen LogP contribution in [0.15, 0.2) is 22.7 Å². The number of nitrogen functional groups attached to an aromatic ring is 1. The molecule has 20 heavy (non-hydrogen) atoms. The van der Waals surface area contributed by atoms with Crippen molar-refractivity contribution in [2.45, 2.75) is 18.8 Å². The van der Waals surface area contributed by atoms with Gasteiger partial charge in [-0.3, -0.25) is 9.89 Å². The second-order valence-corrected chi connectivity index (χ2v) is 5.67. The summed E-state index contributed by atoms with van der Waals surface area (Å²) in [5, 5.41) is 9.19. The molecule has 3 rings (SSSR count). The molecule has 1 fully saturated rings. The van der Waals surface area contributed by atoms with E-state index >= 15 is 0 Å². The summed E-state index contributed by atoms with van der Waals surface area (Å²) in [5.74, 6) is -0.674. The SMILES string of the molecule is Nc1c(C(=O)Nc2cc(Br)ccc2F)n[nH]c1C1CC1. The fourth-order valence-electron chi connectivity index (χ4n) is 2.00. The Morgan fingerprint density at radius 1 is 1.50 bits per heavy atom. The second-order valence-electron chi connectivity index (χ2n) is 4.75. The van der Waals surface area contributed by atoms with Gasteiger partial charge in [-0.25, -0.2) is 4.39 Å². The number of hydrogen-bond acceptors (Lipinski definition) is 3. The number of aromatic nitrogens is 2. The Balaban J connectivity index is 1.84. The van der Waals surface area contributed by atoms with Gasteiger partial charge in [-0.15, -0.1) is 0 Å². The average Bonchev–Trinajstić information content (AvgIpc) is 3.17. The van der Waals surface area contributed by atoms with Crippen LogP contribution in [0.3, 0.4) is 0 Å². The van der Waals surface area contributed by atoms with Gasteiger partial charge in [0.25, 0.3) is 5.91 Å². The number of H-pyrrole nitrogens is 1. The first-order valence-corrected chi connectivity index (χ1v) is 6.95. The largest absolute Gasteiger partial charge is 0.395 e. The summed E-state index contributed by atoms with van der Waals surface area (Å²) in [6.07, 6.45) is 2.10. The van der Waals surface area contributed by atoms with E-state index in [9.17, 15) is 9.18 Å². The van der Waals surface area contributed by atoms with Crippen LogP contribution in [0.5, 0.6) is 0 Å². The summed E-state index contributed by atoms with van der Waals surface area (Å²) in [7, 11) is 0. The number of nitrogens with zero attached hydrogens (tertiary/aromatic N) is 1. The highest BCUT2D eigenvalue weighted by Crippen LogP contribution is 2.42. The van der Waals surface area contributed by atoms with Crippen LogP contribution in [-0.2, 0) is 0 Å². The van der Waals surface area contributed by atoms with Gasteiger partial charge >= 0.3 is 0 Å². The van der Waals surface area contributed by atoms with Crippen molar-refractivity contribution < 1.29 is 9.18 Å². The number of amides is 1. The number of nitrogens with one attached hydrogen (secondary N) is 2. The predicted octanol–water partition coefficient (Wildman–Crippen LogP) is 3.02. The number of rotatable bonds is 3. The van der Waals surface area contributed by atoms with Crippen molar-refractivity contribution in [3.63, 3.8) is 0 Å². The van der Waals surface area contributed by atoms with Crippen molar-refractivity contribution in [1.82, 2.24) is 10.2 Å². The Hall–Kier alpha value is -1.89. The number of aromatic amines is 1. The highest BCUT2D eigenvalue weighted by atomic mass is 79.9. The lowest BCUT2D eigenvalue weighted by Crippen LogP contribution is -2.15. The lowest BCUT2D eigenvalue weighted by Gasteiger charge is -2.06. The molecule has 2 aromatic rings. The number of benzene rings is 1. The van der Waals surface area contributed by atoms with Gasteiger partial charge in [-0.05, 0) is 31.0 Å². The molecular weight excluding hydrogens is 327 g/mol. The summed E-state index contributed by atoms with van der Waals surface area (Å²) < 4.78 is 14.3. The van der Waals surface area contributed by atoms with Crippen molar-refractivity contribution in [3.05, 3.63) is 39.9 Å². The molecule has 1 aliphatic rings. The molecule has 0 aliphatic heterocycles. The molecule has 0 bridgehead atoms. The van der Waals surface area contributed by atoms with Gasteiger partial charge in [0.15, 0.2) is 5.69 Å². The minimum Gasteiger partial charge on any atom is -0.395 e. The van der Waals surface area contributed by atoms with Crippen LogP contribution in [0.4, 0.5) is 15.8 Å². The molecule has 7 heteroatoms. The molecule has 0 radical (unpaired) electrons. The molecule has 1 aromatic carbocycles. The molecule has 1 aromatic heterocycles. The highest BCUT2D eigenvalue weighted by Gasteiger charge is 2.30. The Labute approximate surface area is 122 Å². The molecule has 1 amide bonds. The molecule has 1 aliphatic carbocycles. The van der Waals surface area contributed by atoms with Crippen LogP contribution >= 0.6 is 15.9 Å². The first kappa shape index (κ1) is 13.1. The van der Waals surface area contributed by atoms with Gasteiger partial charge in [-0.1, -0.05) is 15.9 Å². The number of carbonyl (C=O) groups excluding carboxylic acids is 1. The van der Waals surface area contributed by atoms with Crippen molar-refractivity contribution in [2.75, 3.05) is 11.1 Å². The zero-order chi connectivity index (χ0) is 14.3. The Bertz CT molecular complexity index is 681. The van der Waals surface area contributed by atoms with E-state index in [0.29, 0.717) is 16.1 Å². The maximum absolute atomic E-state index is 13.6. The van der Waals surface area contributed by atoms with Crippen LogP contribution in [0, 0.1) is 5.82 Å². The minimum absolute atomic E-state index is 0.0831. The number of hydrogen-bond donors (Lipinski definition) is 3. The molecule has 104 valence electrons. The van der Waals surface area contributed by atoms with Gasteiger partial charge in [0.05, 0.1) is 17.1 Å². The number of halogens is 2. The number of nitrogens with two attached hydrogens (primary N) is 1. The van der Waals surface area contributed by atoms with Gasteiger partial charge < -0.3 is 11.1 Å². The van der Waals surface area contributed by atoms with Crippen LogP contribution in [-0.4, -0.2) is 16.1 Å². The van der Waals surface area contributed by atoms with E-state index in [1.807, 2.05) is 0 Å². The van der Waals surface area contributed by atoms with E-state index in [2.05, 4.69) is 31.4 Å². The number of anilines is 2. The Kier molecular flexibility index (Phi) is 3.21. The number of carbonyl (C=O) groups is 1. The molecule has 0 saturated heterocycles. The Morgan fingerprint density at radius 2 is 2.25 bits per heavy atom. The molecule has 1 heterocycles. The quantitative estimate of drug-likeness (QED) is 0.804. The summed E-state index contributed by atoms with van der Waals surface area (Å²) >= 11 is 3.22. The normalized spacial score (nSPS) is 14.3. The van der Waals surface area contributed by atoms with E-state index in [1.54, 1.807) is 6.07 Å². The van der Waals surface area contributed by atoms with Gasteiger partial charge in [-0.2, -0.15) is 5.10 Å². The summed E-state index contributed by atoms with van der Waals surface area (Å²) in [6, 6.07) is 4.31. The third-order valence-corrected chi connectivity index (χ3v) is 3.70. The third-order valence-electron chi connectivity index (χ3n) is 3.21. The Morgan fingerprint density at radius 3 is 2.95 bits per heavy atom. The van der Waals surface area contributed by atoms with Crippen LogP contribution in [0.25, 0.3) is 0 Å². The van der Waals surface area contributed by atoms with E-state index < -0.39 is 11.7 Å². The maximum Gasteiger partial charge on any atom is 0.278 e. The smallest absolute Gasteiger partial charge is 0.278 e. The first-order valence-electron chi connectivity index (χ1n) is 6.16. The molecule has 4 N–H and O–H groups in total. The van der Waals surface area contributed by atoms with Crippen molar-refractivity contribution in [1.29, 1.82) is 0 Å². The van der Waals surface area contributed by atoms with Gasteiger partial charge in [0.2, 0.25) is 0 Å². The lowest BCUT2D eigenvalue weighted by atomic mass is 10.2. The molecule has 5 nitrogen and oxygen atoms in total. The molecule has 0 atom stereocenters. The molecular formula is C13H12BrFN4O. The fraction of sp³-hybridized carbons (Fsp3) is 0.231. The zero-order valence-corrected chi connectivity index (χ0v) is 12.0. The lowest BCUT2D eigenvalue weighted by molar-refractivity contribution is 0.102. The summed E-state index contributed by atoms with van der Waals surface area (Å²) in [4.78, 5) is 12.1. The second kappa shape index (κ2) is 4.90.